The fourth-order valence-corrected chi connectivity index (χ4v) is 2.15. The number of benzene rings is 1. The van der Waals surface area contributed by atoms with Gasteiger partial charge in [-0.1, -0.05) is 18.2 Å². The average Bonchev–Trinajstić information content (AvgIpc) is 2.96. The Morgan fingerprint density at radius 1 is 1.09 bits per heavy atom. The zero-order chi connectivity index (χ0) is 16.2. The zero-order valence-electron chi connectivity index (χ0n) is 12.8. The summed E-state index contributed by atoms with van der Waals surface area (Å²) in [6.45, 7) is 3.81. The first kappa shape index (κ1) is 14.7. The molecule has 0 spiro atoms. The minimum absolute atomic E-state index is 0.355. The molecule has 0 atom stereocenters. The molecule has 3 rings (SSSR count). The van der Waals surface area contributed by atoms with Gasteiger partial charge in [0.2, 0.25) is 0 Å². The Bertz CT molecular complexity index is 842. The molecule has 0 aliphatic heterocycles. The fraction of sp³-hybridized carbons (Fsp3) is 0.125. The van der Waals surface area contributed by atoms with E-state index < -0.39 is 0 Å². The van der Waals surface area contributed by atoms with Gasteiger partial charge in [-0.05, 0) is 25.5 Å². The number of hydrogen-bond donors (Lipinski definition) is 2. The van der Waals surface area contributed by atoms with Gasteiger partial charge in [-0.15, -0.1) is 0 Å². The van der Waals surface area contributed by atoms with Gasteiger partial charge in [-0.25, -0.2) is 19.7 Å². The highest BCUT2D eigenvalue weighted by Gasteiger charge is 2.08. The quantitative estimate of drug-likeness (QED) is 0.779. The molecule has 0 aliphatic rings. The Balaban J connectivity index is 1.74. The van der Waals surface area contributed by atoms with E-state index in [1.165, 1.54) is 6.33 Å². The predicted molar refractivity (Wildman–Crippen MR) is 87.7 cm³/mol. The Morgan fingerprint density at radius 3 is 2.65 bits per heavy atom. The van der Waals surface area contributed by atoms with E-state index in [-0.39, 0.29) is 6.03 Å². The number of nitrogens with zero attached hydrogens (tertiary/aromatic N) is 4. The number of imidazole rings is 1. The molecule has 0 fully saturated rings. The van der Waals surface area contributed by atoms with Crippen LogP contribution in [-0.4, -0.2) is 25.6 Å². The van der Waals surface area contributed by atoms with Crippen molar-refractivity contribution in [1.82, 2.24) is 19.5 Å². The van der Waals surface area contributed by atoms with Crippen LogP contribution in [0, 0.1) is 13.8 Å². The number of rotatable bonds is 3. The van der Waals surface area contributed by atoms with Gasteiger partial charge in [-0.3, -0.25) is 9.88 Å². The van der Waals surface area contributed by atoms with Crippen LogP contribution in [-0.2, 0) is 0 Å². The van der Waals surface area contributed by atoms with Crippen LogP contribution < -0.4 is 10.6 Å². The lowest BCUT2D eigenvalue weighted by atomic mass is 10.2. The molecule has 3 aromatic rings. The first-order valence-electron chi connectivity index (χ1n) is 7.09. The van der Waals surface area contributed by atoms with E-state index in [4.69, 9.17) is 0 Å². The van der Waals surface area contributed by atoms with Crippen LogP contribution in [0.2, 0.25) is 0 Å². The van der Waals surface area contributed by atoms with Crippen LogP contribution in [0.5, 0.6) is 0 Å². The molecule has 0 bridgehead atoms. The van der Waals surface area contributed by atoms with Crippen molar-refractivity contribution in [2.45, 2.75) is 13.8 Å². The van der Waals surface area contributed by atoms with Crippen LogP contribution in [0.25, 0.3) is 5.82 Å². The topological polar surface area (TPSA) is 84.7 Å². The number of hydrogen-bond acceptors (Lipinski definition) is 4. The maximum Gasteiger partial charge on any atom is 0.324 e. The summed E-state index contributed by atoms with van der Waals surface area (Å²) in [5, 5.41) is 5.50. The second kappa shape index (κ2) is 6.27. The normalized spacial score (nSPS) is 10.3. The van der Waals surface area contributed by atoms with Gasteiger partial charge in [-0.2, -0.15) is 0 Å². The molecule has 116 valence electrons. The van der Waals surface area contributed by atoms with E-state index >= 15 is 0 Å². The molecule has 0 saturated carbocycles. The van der Waals surface area contributed by atoms with Gasteiger partial charge in [0.1, 0.15) is 23.8 Å². The van der Waals surface area contributed by atoms with E-state index in [1.807, 2.05) is 42.7 Å². The summed E-state index contributed by atoms with van der Waals surface area (Å²) in [5.74, 6) is 1.86. The second-order valence-corrected chi connectivity index (χ2v) is 5.00. The number of aryl methyl sites for hydroxylation is 2. The van der Waals surface area contributed by atoms with Crippen LogP contribution in [0.3, 0.4) is 0 Å². The summed E-state index contributed by atoms with van der Waals surface area (Å²) in [6, 6.07) is 8.89. The molecule has 0 aliphatic carbocycles. The van der Waals surface area contributed by atoms with Crippen LogP contribution in [0.1, 0.15) is 11.4 Å². The van der Waals surface area contributed by atoms with Crippen molar-refractivity contribution in [1.29, 1.82) is 0 Å². The Hall–Kier alpha value is -3.22. The van der Waals surface area contributed by atoms with Crippen molar-refractivity contribution in [3.63, 3.8) is 0 Å². The molecule has 0 saturated heterocycles. The van der Waals surface area contributed by atoms with Crippen molar-refractivity contribution in [3.8, 4) is 5.82 Å². The molecular weight excluding hydrogens is 292 g/mol. The Kier molecular flexibility index (Phi) is 4.01. The lowest BCUT2D eigenvalue weighted by Crippen LogP contribution is -2.20. The number of nitrogens with one attached hydrogen (secondary N) is 2. The van der Waals surface area contributed by atoms with Gasteiger partial charge < -0.3 is 5.32 Å². The van der Waals surface area contributed by atoms with E-state index in [9.17, 15) is 4.79 Å². The molecule has 2 N–H and O–H groups in total. The predicted octanol–water partition coefficient (Wildman–Crippen LogP) is 2.92. The Morgan fingerprint density at radius 2 is 1.91 bits per heavy atom. The maximum absolute atomic E-state index is 12.1. The molecule has 2 aromatic heterocycles. The van der Waals surface area contributed by atoms with Gasteiger partial charge in [0, 0.05) is 24.1 Å². The van der Waals surface area contributed by atoms with Crippen molar-refractivity contribution in [2.24, 2.45) is 0 Å². The van der Waals surface area contributed by atoms with Gasteiger partial charge in [0.25, 0.3) is 0 Å². The van der Waals surface area contributed by atoms with Crippen LogP contribution in [0.4, 0.5) is 16.3 Å². The number of urea groups is 1. The van der Waals surface area contributed by atoms with Crippen LogP contribution >= 0.6 is 0 Å². The molecule has 2 amide bonds. The standard InChI is InChI=1S/C16H16N6O/c1-11-5-3-4-6-13(11)20-16(23)21-14-9-15(19-10-18-14)22-8-7-17-12(22)2/h3-10H,1-2H3,(H2,18,19,20,21,23). The van der Waals surface area contributed by atoms with Crippen molar-refractivity contribution in [2.75, 3.05) is 10.6 Å². The number of amides is 2. The lowest BCUT2D eigenvalue weighted by molar-refractivity contribution is 0.262. The third-order valence-corrected chi connectivity index (χ3v) is 3.36. The van der Waals surface area contributed by atoms with Gasteiger partial charge in [0.05, 0.1) is 0 Å². The number of para-hydroxylation sites is 1. The minimum atomic E-state index is -0.355. The van der Waals surface area contributed by atoms with E-state index in [0.29, 0.717) is 11.6 Å². The average molecular weight is 308 g/mol. The molecule has 1 aromatic carbocycles. The molecule has 23 heavy (non-hydrogen) atoms. The zero-order valence-corrected chi connectivity index (χ0v) is 12.8. The molecule has 0 unspecified atom stereocenters. The molecule has 7 heteroatoms. The highest BCUT2D eigenvalue weighted by Crippen LogP contribution is 2.14. The summed E-state index contributed by atoms with van der Waals surface area (Å²) < 4.78 is 1.81. The van der Waals surface area contributed by atoms with Crippen molar-refractivity contribution in [3.05, 3.63) is 60.4 Å². The first-order valence-corrected chi connectivity index (χ1v) is 7.09. The highest BCUT2D eigenvalue weighted by molar-refractivity contribution is 5.99. The minimum Gasteiger partial charge on any atom is -0.307 e. The third kappa shape index (κ3) is 3.34. The van der Waals surface area contributed by atoms with Crippen molar-refractivity contribution < 1.29 is 4.79 Å². The monoisotopic (exact) mass is 308 g/mol. The van der Waals surface area contributed by atoms with E-state index in [1.54, 1.807) is 18.5 Å². The maximum atomic E-state index is 12.1. The summed E-state index contributed by atoms with van der Waals surface area (Å²) in [4.78, 5) is 24.5. The molecule has 0 radical (unpaired) electrons. The molecule has 7 nitrogen and oxygen atoms in total. The molecular formula is C16H16N6O. The third-order valence-electron chi connectivity index (χ3n) is 3.36. The number of anilines is 2. The summed E-state index contributed by atoms with van der Waals surface area (Å²) in [5.41, 5.74) is 1.74. The summed E-state index contributed by atoms with van der Waals surface area (Å²) in [7, 11) is 0. The summed E-state index contributed by atoms with van der Waals surface area (Å²) >= 11 is 0. The Labute approximate surface area is 133 Å². The van der Waals surface area contributed by atoms with Crippen molar-refractivity contribution >= 4 is 17.5 Å². The van der Waals surface area contributed by atoms with Gasteiger partial charge >= 0.3 is 6.03 Å². The van der Waals surface area contributed by atoms with E-state index in [2.05, 4.69) is 25.6 Å². The molecule has 2 heterocycles. The number of carbonyl (C=O) groups excluding carboxylic acids is 1. The van der Waals surface area contributed by atoms with Crippen LogP contribution in [0.15, 0.2) is 49.1 Å². The van der Waals surface area contributed by atoms with Gasteiger partial charge in [0.15, 0.2) is 0 Å². The number of aromatic nitrogens is 4. The highest BCUT2D eigenvalue weighted by atomic mass is 16.2. The second-order valence-electron chi connectivity index (χ2n) is 5.00. The van der Waals surface area contributed by atoms with E-state index in [0.717, 1.165) is 17.1 Å². The first-order chi connectivity index (χ1) is 11.1. The lowest BCUT2D eigenvalue weighted by Gasteiger charge is -2.10. The fourth-order valence-electron chi connectivity index (χ4n) is 2.15. The number of carbonyl (C=O) groups is 1. The summed E-state index contributed by atoms with van der Waals surface area (Å²) in [6.07, 6.45) is 4.89. The SMILES string of the molecule is Cc1ccccc1NC(=O)Nc1cc(-n2ccnc2C)ncn1. The smallest absolute Gasteiger partial charge is 0.307 e. The largest absolute Gasteiger partial charge is 0.324 e.